The molecule has 12 heteroatoms. The standard InChI is InChI=1S/C23H26FN7O4/c1-4-6-12-30-20-18(21(32)27-23(30)34)29(11-5-2)17(26-20)13-35-22(33)19-25-14(3)31(28-19)16-9-7-15(24)8-10-16/h7-10H,4-6,11-13H2,1-3H3,(H,27,32,34). The Morgan fingerprint density at radius 2 is 1.80 bits per heavy atom. The summed E-state index contributed by atoms with van der Waals surface area (Å²) in [6.07, 6.45) is 2.31. The Morgan fingerprint density at radius 1 is 1.06 bits per heavy atom. The van der Waals surface area contributed by atoms with Crippen LogP contribution in [0.3, 0.4) is 0 Å². The summed E-state index contributed by atoms with van der Waals surface area (Å²) in [6.45, 7) is 6.23. The zero-order chi connectivity index (χ0) is 25.1. The second-order valence-corrected chi connectivity index (χ2v) is 8.06. The van der Waals surface area contributed by atoms with Crippen molar-refractivity contribution in [1.82, 2.24) is 33.9 Å². The van der Waals surface area contributed by atoms with Crippen LogP contribution in [0, 0.1) is 12.7 Å². The SMILES string of the molecule is CCCCn1c(=O)[nH]c(=O)c2c1nc(COC(=O)c1nc(C)n(-c3ccc(F)cc3)n1)n2CCC. The quantitative estimate of drug-likeness (QED) is 0.362. The van der Waals surface area contributed by atoms with Gasteiger partial charge in [-0.1, -0.05) is 20.3 Å². The third-order valence-electron chi connectivity index (χ3n) is 5.50. The molecule has 1 N–H and O–H groups in total. The minimum absolute atomic E-state index is 0.164. The number of H-pyrrole nitrogens is 1. The summed E-state index contributed by atoms with van der Waals surface area (Å²) in [5.74, 6) is -0.566. The van der Waals surface area contributed by atoms with Crippen molar-refractivity contribution in [3.63, 3.8) is 0 Å². The number of ether oxygens (including phenoxy) is 1. The summed E-state index contributed by atoms with van der Waals surface area (Å²) in [4.78, 5) is 48.7. The lowest BCUT2D eigenvalue weighted by atomic mass is 10.3. The largest absolute Gasteiger partial charge is 0.452 e. The van der Waals surface area contributed by atoms with Gasteiger partial charge in [0.1, 0.15) is 24.1 Å². The van der Waals surface area contributed by atoms with Gasteiger partial charge in [0, 0.05) is 13.1 Å². The van der Waals surface area contributed by atoms with E-state index in [9.17, 15) is 18.8 Å². The Labute approximate surface area is 199 Å². The molecule has 0 amide bonds. The minimum atomic E-state index is -0.777. The molecule has 0 unspecified atom stereocenters. The van der Waals surface area contributed by atoms with Gasteiger partial charge in [0.2, 0.25) is 0 Å². The van der Waals surface area contributed by atoms with Crippen LogP contribution in [0.5, 0.6) is 0 Å². The van der Waals surface area contributed by atoms with Crippen LogP contribution in [0.2, 0.25) is 0 Å². The third kappa shape index (κ3) is 4.77. The minimum Gasteiger partial charge on any atom is -0.452 e. The summed E-state index contributed by atoms with van der Waals surface area (Å²) in [5.41, 5.74) is 0.0205. The highest BCUT2D eigenvalue weighted by atomic mass is 19.1. The Bertz CT molecular complexity index is 1480. The molecule has 35 heavy (non-hydrogen) atoms. The number of esters is 1. The maximum atomic E-state index is 13.2. The number of aryl methyl sites for hydroxylation is 3. The molecule has 4 rings (SSSR count). The summed E-state index contributed by atoms with van der Waals surface area (Å²) >= 11 is 0. The number of hydrogen-bond donors (Lipinski definition) is 1. The molecule has 11 nitrogen and oxygen atoms in total. The fourth-order valence-electron chi connectivity index (χ4n) is 3.81. The molecule has 0 saturated carbocycles. The van der Waals surface area contributed by atoms with Crippen molar-refractivity contribution >= 4 is 17.1 Å². The monoisotopic (exact) mass is 483 g/mol. The van der Waals surface area contributed by atoms with E-state index in [4.69, 9.17) is 4.74 Å². The molecule has 4 aromatic rings. The first kappa shape index (κ1) is 24.0. The lowest BCUT2D eigenvalue weighted by molar-refractivity contribution is 0.0444. The molecule has 0 spiro atoms. The van der Waals surface area contributed by atoms with Gasteiger partial charge in [-0.05, 0) is 44.0 Å². The van der Waals surface area contributed by atoms with E-state index in [0.29, 0.717) is 36.8 Å². The van der Waals surface area contributed by atoms with Crippen molar-refractivity contribution in [1.29, 1.82) is 0 Å². The molecule has 0 aliphatic rings. The molecule has 184 valence electrons. The topological polar surface area (TPSA) is 130 Å². The number of rotatable bonds is 9. The molecular weight excluding hydrogens is 457 g/mol. The van der Waals surface area contributed by atoms with Crippen LogP contribution in [0.15, 0.2) is 33.9 Å². The highest BCUT2D eigenvalue weighted by Crippen LogP contribution is 2.15. The number of halogens is 1. The molecule has 1 aromatic carbocycles. The van der Waals surface area contributed by atoms with E-state index in [0.717, 1.165) is 12.8 Å². The maximum absolute atomic E-state index is 13.2. The van der Waals surface area contributed by atoms with E-state index in [-0.39, 0.29) is 29.4 Å². The van der Waals surface area contributed by atoms with Crippen LogP contribution in [-0.4, -0.2) is 39.8 Å². The van der Waals surface area contributed by atoms with Crippen molar-refractivity contribution in [2.24, 2.45) is 0 Å². The van der Waals surface area contributed by atoms with Crippen molar-refractivity contribution < 1.29 is 13.9 Å². The van der Waals surface area contributed by atoms with E-state index < -0.39 is 17.2 Å². The predicted octanol–water partition coefficient (Wildman–Crippen LogP) is 2.48. The summed E-state index contributed by atoms with van der Waals surface area (Å²) in [5, 5.41) is 4.18. The van der Waals surface area contributed by atoms with Crippen LogP contribution in [0.4, 0.5) is 4.39 Å². The molecule has 0 atom stereocenters. The van der Waals surface area contributed by atoms with Gasteiger partial charge in [-0.15, -0.1) is 5.10 Å². The Morgan fingerprint density at radius 3 is 2.49 bits per heavy atom. The Hall–Kier alpha value is -4.09. The number of imidazole rings is 1. The number of aromatic amines is 1. The van der Waals surface area contributed by atoms with Gasteiger partial charge < -0.3 is 9.30 Å². The number of carbonyl (C=O) groups excluding carboxylic acids is 1. The van der Waals surface area contributed by atoms with Crippen molar-refractivity contribution in [3.8, 4) is 5.69 Å². The van der Waals surface area contributed by atoms with Gasteiger partial charge in [-0.2, -0.15) is 0 Å². The van der Waals surface area contributed by atoms with Gasteiger partial charge in [0.25, 0.3) is 11.4 Å². The van der Waals surface area contributed by atoms with Gasteiger partial charge >= 0.3 is 11.7 Å². The maximum Gasteiger partial charge on any atom is 0.378 e. The first-order valence-electron chi connectivity index (χ1n) is 11.4. The lowest BCUT2D eigenvalue weighted by Gasteiger charge is -2.08. The Balaban J connectivity index is 1.63. The van der Waals surface area contributed by atoms with Crippen LogP contribution in [0.25, 0.3) is 16.9 Å². The van der Waals surface area contributed by atoms with E-state index in [1.165, 1.54) is 33.5 Å². The van der Waals surface area contributed by atoms with Crippen molar-refractivity contribution in [2.45, 2.75) is 59.7 Å². The van der Waals surface area contributed by atoms with Crippen LogP contribution < -0.4 is 11.2 Å². The number of nitrogens with zero attached hydrogens (tertiary/aromatic N) is 6. The van der Waals surface area contributed by atoms with Crippen molar-refractivity contribution in [2.75, 3.05) is 0 Å². The van der Waals surface area contributed by atoms with Crippen LogP contribution >= 0.6 is 0 Å². The van der Waals surface area contributed by atoms with E-state index in [2.05, 4.69) is 20.1 Å². The summed E-state index contributed by atoms with van der Waals surface area (Å²) in [6, 6.07) is 5.62. The van der Waals surface area contributed by atoms with E-state index in [1.54, 1.807) is 11.5 Å². The molecule has 3 heterocycles. The average molecular weight is 484 g/mol. The number of benzene rings is 1. The number of hydrogen-bond acceptors (Lipinski definition) is 7. The van der Waals surface area contributed by atoms with E-state index >= 15 is 0 Å². The first-order valence-corrected chi connectivity index (χ1v) is 11.4. The number of fused-ring (bicyclic) bond motifs is 1. The molecular formula is C23H26FN7O4. The number of carbonyl (C=O) groups is 1. The second-order valence-electron chi connectivity index (χ2n) is 8.06. The molecule has 0 fully saturated rings. The first-order chi connectivity index (χ1) is 16.8. The summed E-state index contributed by atoms with van der Waals surface area (Å²) < 4.78 is 23.2. The Kier molecular flexibility index (Phi) is 6.90. The lowest BCUT2D eigenvalue weighted by Crippen LogP contribution is -2.31. The molecule has 0 bridgehead atoms. The number of nitrogens with one attached hydrogen (secondary N) is 1. The smallest absolute Gasteiger partial charge is 0.378 e. The number of unbranched alkanes of at least 4 members (excludes halogenated alkanes) is 1. The van der Waals surface area contributed by atoms with Crippen molar-refractivity contribution in [3.05, 3.63) is 68.4 Å². The van der Waals surface area contributed by atoms with Gasteiger partial charge in [-0.3, -0.25) is 14.3 Å². The second kappa shape index (κ2) is 10.0. The average Bonchev–Trinajstić information content (AvgIpc) is 3.39. The fraction of sp³-hybridized carbons (Fsp3) is 0.391. The predicted molar refractivity (Wildman–Crippen MR) is 125 cm³/mol. The van der Waals surface area contributed by atoms with Crippen LogP contribution in [0.1, 0.15) is 55.4 Å². The normalized spacial score (nSPS) is 11.3. The van der Waals surface area contributed by atoms with Crippen LogP contribution in [-0.2, 0) is 24.4 Å². The van der Waals surface area contributed by atoms with Gasteiger partial charge in [0.05, 0.1) is 5.69 Å². The molecule has 3 aromatic heterocycles. The zero-order valence-corrected chi connectivity index (χ0v) is 19.7. The van der Waals surface area contributed by atoms with Gasteiger partial charge in [-0.25, -0.2) is 28.6 Å². The summed E-state index contributed by atoms with van der Waals surface area (Å²) in [7, 11) is 0. The number of aromatic nitrogens is 7. The highest BCUT2D eigenvalue weighted by Gasteiger charge is 2.21. The molecule has 0 aliphatic heterocycles. The fourth-order valence-corrected chi connectivity index (χ4v) is 3.81. The molecule has 0 aliphatic carbocycles. The molecule has 0 radical (unpaired) electrons. The zero-order valence-electron chi connectivity index (χ0n) is 19.7. The van der Waals surface area contributed by atoms with E-state index in [1.807, 2.05) is 13.8 Å². The third-order valence-corrected chi connectivity index (χ3v) is 5.50. The highest BCUT2D eigenvalue weighted by molar-refractivity contribution is 5.85. The molecule has 0 saturated heterocycles. The van der Waals surface area contributed by atoms with Gasteiger partial charge in [0.15, 0.2) is 11.2 Å².